The molecule has 5 nitrogen and oxygen atoms in total. The van der Waals surface area contributed by atoms with Gasteiger partial charge in [-0.3, -0.25) is 9.78 Å². The lowest BCUT2D eigenvalue weighted by atomic mass is 10.1. The van der Waals surface area contributed by atoms with Crippen LogP contribution < -0.4 is 5.32 Å². The number of carbonyl (C=O) groups is 2. The molecule has 2 rings (SSSR count). The quantitative estimate of drug-likeness (QED) is 0.846. The van der Waals surface area contributed by atoms with Gasteiger partial charge in [0.05, 0.1) is 12.0 Å². The van der Waals surface area contributed by atoms with Gasteiger partial charge >= 0.3 is 5.97 Å². The predicted octanol–water partition coefficient (Wildman–Crippen LogP) is 1.68. The molecule has 2 N–H and O–H groups in total. The van der Waals surface area contributed by atoms with Crippen LogP contribution in [0.3, 0.4) is 0 Å². The molecule has 0 bridgehead atoms. The van der Waals surface area contributed by atoms with Gasteiger partial charge < -0.3 is 10.4 Å². The Morgan fingerprint density at radius 1 is 1.14 bits per heavy atom. The third kappa shape index (κ3) is 4.72. The number of carbonyl (C=O) groups excluding carboxylic acids is 1. The summed E-state index contributed by atoms with van der Waals surface area (Å²) in [5.74, 6) is -1.04. The third-order valence-corrected chi connectivity index (χ3v) is 2.98. The van der Waals surface area contributed by atoms with E-state index in [0.29, 0.717) is 13.0 Å². The fourth-order valence-corrected chi connectivity index (χ4v) is 1.94. The van der Waals surface area contributed by atoms with Crippen LogP contribution in [-0.4, -0.2) is 28.5 Å². The van der Waals surface area contributed by atoms with Crippen LogP contribution in [0.4, 0.5) is 0 Å². The van der Waals surface area contributed by atoms with Crippen molar-refractivity contribution < 1.29 is 14.7 Å². The second kappa shape index (κ2) is 7.19. The fourth-order valence-electron chi connectivity index (χ4n) is 1.94. The fraction of sp³-hybridized carbons (Fsp3) is 0.188. The van der Waals surface area contributed by atoms with Crippen molar-refractivity contribution in [3.8, 4) is 0 Å². The van der Waals surface area contributed by atoms with Crippen LogP contribution in [0.5, 0.6) is 0 Å². The standard InChI is InChI=1S/C16H16N2O3/c19-15(11-14-6-1-2-8-17-14)18-9-7-12-4-3-5-13(10-12)16(20)21/h1-6,8,10H,7,9,11H2,(H,18,19)(H,20,21). The maximum atomic E-state index is 11.7. The Morgan fingerprint density at radius 2 is 2.00 bits per heavy atom. The van der Waals surface area contributed by atoms with E-state index in [9.17, 15) is 9.59 Å². The van der Waals surface area contributed by atoms with Gasteiger partial charge in [-0.2, -0.15) is 0 Å². The van der Waals surface area contributed by atoms with E-state index in [1.807, 2.05) is 12.1 Å². The molecule has 0 aliphatic heterocycles. The van der Waals surface area contributed by atoms with Crippen LogP contribution in [0.25, 0.3) is 0 Å². The number of carboxylic acid groups (broad SMARTS) is 1. The molecule has 2 aromatic rings. The average Bonchev–Trinajstić information content (AvgIpc) is 2.48. The Kier molecular flexibility index (Phi) is 5.04. The summed E-state index contributed by atoms with van der Waals surface area (Å²) in [5.41, 5.74) is 1.86. The van der Waals surface area contributed by atoms with E-state index in [4.69, 9.17) is 5.11 Å². The molecule has 1 heterocycles. The molecule has 0 aliphatic carbocycles. The number of hydrogen-bond acceptors (Lipinski definition) is 3. The summed E-state index contributed by atoms with van der Waals surface area (Å²) < 4.78 is 0. The monoisotopic (exact) mass is 284 g/mol. The normalized spacial score (nSPS) is 10.1. The van der Waals surface area contributed by atoms with Gasteiger partial charge in [-0.05, 0) is 36.2 Å². The highest BCUT2D eigenvalue weighted by Gasteiger charge is 2.05. The number of carboxylic acids is 1. The first-order valence-corrected chi connectivity index (χ1v) is 6.64. The predicted molar refractivity (Wildman–Crippen MR) is 78.1 cm³/mol. The van der Waals surface area contributed by atoms with Gasteiger partial charge in [-0.25, -0.2) is 4.79 Å². The molecule has 0 unspecified atom stereocenters. The Balaban J connectivity index is 1.80. The molecule has 0 aliphatic rings. The van der Waals surface area contributed by atoms with Crippen LogP contribution in [0.1, 0.15) is 21.6 Å². The number of pyridine rings is 1. The van der Waals surface area contributed by atoms with Crippen LogP contribution in [-0.2, 0) is 17.6 Å². The van der Waals surface area contributed by atoms with E-state index < -0.39 is 5.97 Å². The lowest BCUT2D eigenvalue weighted by Crippen LogP contribution is -2.27. The minimum Gasteiger partial charge on any atom is -0.478 e. The summed E-state index contributed by atoms with van der Waals surface area (Å²) >= 11 is 0. The van der Waals surface area contributed by atoms with Gasteiger partial charge in [-0.1, -0.05) is 18.2 Å². The first kappa shape index (κ1) is 14.7. The van der Waals surface area contributed by atoms with Gasteiger partial charge in [0.1, 0.15) is 0 Å². The molecule has 0 fully saturated rings. The zero-order valence-electron chi connectivity index (χ0n) is 11.5. The van der Waals surface area contributed by atoms with E-state index >= 15 is 0 Å². The Labute approximate surface area is 122 Å². The Morgan fingerprint density at radius 3 is 2.71 bits per heavy atom. The third-order valence-electron chi connectivity index (χ3n) is 2.98. The number of rotatable bonds is 6. The number of aromatic nitrogens is 1. The summed E-state index contributed by atoms with van der Waals surface area (Å²) in [7, 11) is 0. The molecule has 108 valence electrons. The van der Waals surface area contributed by atoms with Crippen molar-refractivity contribution in [2.45, 2.75) is 12.8 Å². The van der Waals surface area contributed by atoms with Crippen molar-refractivity contribution in [1.82, 2.24) is 10.3 Å². The molecular formula is C16H16N2O3. The molecule has 0 saturated heterocycles. The molecule has 1 amide bonds. The summed E-state index contributed by atoms with van der Waals surface area (Å²) in [6.45, 7) is 0.467. The second-order valence-corrected chi connectivity index (χ2v) is 4.60. The highest BCUT2D eigenvalue weighted by Crippen LogP contribution is 2.05. The minimum atomic E-state index is -0.948. The van der Waals surface area contributed by atoms with Crippen molar-refractivity contribution in [2.75, 3.05) is 6.54 Å². The van der Waals surface area contributed by atoms with Gasteiger partial charge in [-0.15, -0.1) is 0 Å². The van der Waals surface area contributed by atoms with E-state index in [2.05, 4.69) is 10.3 Å². The van der Waals surface area contributed by atoms with Crippen molar-refractivity contribution in [2.24, 2.45) is 0 Å². The van der Waals surface area contributed by atoms with E-state index in [1.54, 1.807) is 36.5 Å². The topological polar surface area (TPSA) is 79.3 Å². The maximum Gasteiger partial charge on any atom is 0.335 e. The summed E-state index contributed by atoms with van der Waals surface area (Å²) in [4.78, 5) is 26.7. The SMILES string of the molecule is O=C(Cc1ccccn1)NCCc1cccc(C(=O)O)c1. The van der Waals surface area contributed by atoms with Crippen LogP contribution >= 0.6 is 0 Å². The summed E-state index contributed by atoms with van der Waals surface area (Å²) in [6.07, 6.45) is 2.49. The highest BCUT2D eigenvalue weighted by atomic mass is 16.4. The molecule has 21 heavy (non-hydrogen) atoms. The number of benzene rings is 1. The zero-order valence-corrected chi connectivity index (χ0v) is 11.5. The average molecular weight is 284 g/mol. The van der Waals surface area contributed by atoms with Crippen molar-refractivity contribution >= 4 is 11.9 Å². The Hall–Kier alpha value is -2.69. The summed E-state index contributed by atoms with van der Waals surface area (Å²) in [5, 5.41) is 11.7. The molecule has 0 atom stereocenters. The molecule has 5 heteroatoms. The molecule has 0 saturated carbocycles. The first-order valence-electron chi connectivity index (χ1n) is 6.64. The number of hydrogen-bond donors (Lipinski definition) is 2. The summed E-state index contributed by atoms with van der Waals surface area (Å²) in [6, 6.07) is 12.2. The Bertz CT molecular complexity index is 626. The largest absolute Gasteiger partial charge is 0.478 e. The maximum absolute atomic E-state index is 11.7. The molecule has 0 spiro atoms. The van der Waals surface area contributed by atoms with Gasteiger partial charge in [0.25, 0.3) is 0 Å². The van der Waals surface area contributed by atoms with E-state index in [0.717, 1.165) is 11.3 Å². The zero-order chi connectivity index (χ0) is 15.1. The number of amides is 1. The lowest BCUT2D eigenvalue weighted by molar-refractivity contribution is -0.120. The first-order chi connectivity index (χ1) is 10.1. The molecule has 1 aromatic carbocycles. The van der Waals surface area contributed by atoms with Crippen molar-refractivity contribution in [3.63, 3.8) is 0 Å². The smallest absolute Gasteiger partial charge is 0.335 e. The van der Waals surface area contributed by atoms with Crippen molar-refractivity contribution in [1.29, 1.82) is 0 Å². The van der Waals surface area contributed by atoms with Crippen LogP contribution in [0, 0.1) is 0 Å². The number of aromatic carboxylic acids is 1. The van der Waals surface area contributed by atoms with Gasteiger partial charge in [0.2, 0.25) is 5.91 Å². The van der Waals surface area contributed by atoms with Crippen LogP contribution in [0.15, 0.2) is 48.7 Å². The van der Waals surface area contributed by atoms with Crippen molar-refractivity contribution in [3.05, 3.63) is 65.5 Å². The highest BCUT2D eigenvalue weighted by molar-refractivity contribution is 5.87. The molecule has 0 radical (unpaired) electrons. The number of nitrogens with one attached hydrogen (secondary N) is 1. The van der Waals surface area contributed by atoms with Gasteiger partial charge in [0, 0.05) is 18.4 Å². The minimum absolute atomic E-state index is 0.0944. The molecular weight excluding hydrogens is 268 g/mol. The van der Waals surface area contributed by atoms with Gasteiger partial charge in [0.15, 0.2) is 0 Å². The number of nitrogens with zero attached hydrogens (tertiary/aromatic N) is 1. The van der Waals surface area contributed by atoms with E-state index in [-0.39, 0.29) is 17.9 Å². The second-order valence-electron chi connectivity index (χ2n) is 4.60. The molecule has 1 aromatic heterocycles. The van der Waals surface area contributed by atoms with Crippen LogP contribution in [0.2, 0.25) is 0 Å². The van der Waals surface area contributed by atoms with E-state index in [1.165, 1.54) is 0 Å². The lowest BCUT2D eigenvalue weighted by Gasteiger charge is -2.06.